The van der Waals surface area contributed by atoms with Crippen LogP contribution in [0.4, 0.5) is 13.2 Å². The number of rotatable bonds is 2. The molecular formula is C9H13F3N2. The van der Waals surface area contributed by atoms with E-state index in [4.69, 9.17) is 0 Å². The van der Waals surface area contributed by atoms with Crippen LogP contribution in [0.3, 0.4) is 0 Å². The fourth-order valence-electron chi connectivity index (χ4n) is 1.37. The van der Waals surface area contributed by atoms with Gasteiger partial charge >= 0.3 is 6.18 Å². The summed E-state index contributed by atoms with van der Waals surface area (Å²) in [4.78, 5) is 0. The SMILES string of the molecule is CC(C)Cc1cn(C)nc1C(F)(F)F. The number of nitrogens with zero attached hydrogens (tertiary/aromatic N) is 2. The second-order valence-electron chi connectivity index (χ2n) is 3.77. The first-order valence-electron chi connectivity index (χ1n) is 4.40. The molecule has 5 heteroatoms. The van der Waals surface area contributed by atoms with Gasteiger partial charge in [-0.2, -0.15) is 18.3 Å². The second-order valence-corrected chi connectivity index (χ2v) is 3.77. The second kappa shape index (κ2) is 3.63. The number of alkyl halides is 3. The summed E-state index contributed by atoms with van der Waals surface area (Å²) in [5.41, 5.74) is -0.483. The Morgan fingerprint density at radius 3 is 2.43 bits per heavy atom. The molecule has 0 fully saturated rings. The Morgan fingerprint density at radius 1 is 1.43 bits per heavy atom. The van der Waals surface area contributed by atoms with Gasteiger partial charge in [-0.25, -0.2) is 0 Å². The summed E-state index contributed by atoms with van der Waals surface area (Å²) in [5.74, 6) is 0.195. The van der Waals surface area contributed by atoms with Gasteiger partial charge in [0.25, 0.3) is 0 Å². The lowest BCUT2D eigenvalue weighted by Gasteiger charge is -2.07. The maximum Gasteiger partial charge on any atom is 0.435 e. The minimum atomic E-state index is -4.34. The number of hydrogen-bond donors (Lipinski definition) is 0. The van der Waals surface area contributed by atoms with Crippen LogP contribution in [-0.4, -0.2) is 9.78 Å². The van der Waals surface area contributed by atoms with Crippen LogP contribution >= 0.6 is 0 Å². The van der Waals surface area contributed by atoms with Gasteiger partial charge in [-0.3, -0.25) is 4.68 Å². The highest BCUT2D eigenvalue weighted by atomic mass is 19.4. The number of aryl methyl sites for hydroxylation is 1. The third-order valence-corrected chi connectivity index (χ3v) is 1.80. The molecule has 0 saturated carbocycles. The van der Waals surface area contributed by atoms with Gasteiger partial charge in [0.15, 0.2) is 5.69 Å². The van der Waals surface area contributed by atoms with E-state index in [2.05, 4.69) is 5.10 Å². The van der Waals surface area contributed by atoms with Crippen LogP contribution in [-0.2, 0) is 19.6 Å². The molecule has 1 heterocycles. The lowest BCUT2D eigenvalue weighted by atomic mass is 10.0. The summed E-state index contributed by atoms with van der Waals surface area (Å²) in [5, 5.41) is 3.43. The number of aromatic nitrogens is 2. The normalized spacial score (nSPS) is 12.5. The van der Waals surface area contributed by atoms with Crippen LogP contribution in [0.5, 0.6) is 0 Å². The quantitative estimate of drug-likeness (QED) is 0.727. The van der Waals surface area contributed by atoms with Crippen molar-refractivity contribution in [1.29, 1.82) is 0 Å². The molecule has 0 aliphatic rings. The molecule has 1 rings (SSSR count). The molecule has 80 valence electrons. The van der Waals surface area contributed by atoms with E-state index in [1.54, 1.807) is 0 Å². The summed E-state index contributed by atoms with van der Waals surface area (Å²) in [6.45, 7) is 3.76. The first kappa shape index (κ1) is 11.1. The average Bonchev–Trinajstić information content (AvgIpc) is 2.28. The van der Waals surface area contributed by atoms with Gasteiger partial charge in [-0.1, -0.05) is 13.8 Å². The zero-order chi connectivity index (χ0) is 10.9. The lowest BCUT2D eigenvalue weighted by molar-refractivity contribution is -0.142. The highest BCUT2D eigenvalue weighted by molar-refractivity contribution is 5.20. The molecule has 0 amide bonds. The van der Waals surface area contributed by atoms with Gasteiger partial charge in [0.2, 0.25) is 0 Å². The van der Waals surface area contributed by atoms with Crippen LogP contribution in [0.1, 0.15) is 25.1 Å². The van der Waals surface area contributed by atoms with Gasteiger partial charge < -0.3 is 0 Å². The topological polar surface area (TPSA) is 17.8 Å². The van der Waals surface area contributed by atoms with Crippen molar-refractivity contribution in [3.63, 3.8) is 0 Å². The third kappa shape index (κ3) is 2.49. The number of hydrogen-bond acceptors (Lipinski definition) is 1. The van der Waals surface area contributed by atoms with E-state index in [0.29, 0.717) is 6.42 Å². The van der Waals surface area contributed by atoms with E-state index in [0.717, 1.165) is 0 Å². The minimum absolute atomic E-state index is 0.195. The maximum absolute atomic E-state index is 12.4. The molecule has 0 radical (unpaired) electrons. The van der Waals surface area contributed by atoms with Crippen LogP contribution in [0.25, 0.3) is 0 Å². The molecule has 0 saturated heterocycles. The fourth-order valence-corrected chi connectivity index (χ4v) is 1.37. The Labute approximate surface area is 80.7 Å². The summed E-state index contributed by atoms with van der Waals surface area (Å²) in [7, 11) is 1.50. The van der Waals surface area contributed by atoms with E-state index in [9.17, 15) is 13.2 Å². The zero-order valence-corrected chi connectivity index (χ0v) is 8.39. The highest BCUT2D eigenvalue weighted by Crippen LogP contribution is 2.31. The molecule has 2 nitrogen and oxygen atoms in total. The maximum atomic E-state index is 12.4. The number of halogens is 3. The van der Waals surface area contributed by atoms with E-state index in [1.807, 2.05) is 13.8 Å². The minimum Gasteiger partial charge on any atom is -0.275 e. The van der Waals surface area contributed by atoms with Gasteiger partial charge in [0.05, 0.1) is 0 Å². The van der Waals surface area contributed by atoms with Gasteiger partial charge in [0, 0.05) is 18.8 Å². The van der Waals surface area contributed by atoms with E-state index in [-0.39, 0.29) is 11.5 Å². The van der Waals surface area contributed by atoms with Crippen molar-refractivity contribution in [1.82, 2.24) is 9.78 Å². The van der Waals surface area contributed by atoms with Crippen molar-refractivity contribution in [2.24, 2.45) is 13.0 Å². The zero-order valence-electron chi connectivity index (χ0n) is 8.39. The van der Waals surface area contributed by atoms with Crippen LogP contribution in [0.2, 0.25) is 0 Å². The molecule has 0 aromatic carbocycles. The molecule has 0 unspecified atom stereocenters. The molecule has 0 atom stereocenters. The standard InChI is InChI=1S/C9H13F3N2/c1-6(2)4-7-5-14(3)13-8(7)9(10,11)12/h5-6H,4H2,1-3H3. The average molecular weight is 206 g/mol. The van der Waals surface area contributed by atoms with Crippen molar-refractivity contribution >= 4 is 0 Å². The van der Waals surface area contributed by atoms with Crippen molar-refractivity contribution < 1.29 is 13.2 Å². The summed E-state index contributed by atoms with van der Waals surface area (Å²) < 4.78 is 38.5. The molecule has 0 N–H and O–H groups in total. The molecule has 0 bridgehead atoms. The van der Waals surface area contributed by atoms with Crippen molar-refractivity contribution in [2.75, 3.05) is 0 Å². The summed E-state index contributed by atoms with van der Waals surface area (Å²) in [6.07, 6.45) is -2.50. The molecule has 0 aliphatic heterocycles. The Balaban J connectivity index is 3.03. The Morgan fingerprint density at radius 2 is 2.00 bits per heavy atom. The van der Waals surface area contributed by atoms with E-state index in [1.165, 1.54) is 17.9 Å². The molecule has 1 aromatic heterocycles. The van der Waals surface area contributed by atoms with E-state index < -0.39 is 11.9 Å². The van der Waals surface area contributed by atoms with Gasteiger partial charge in [0.1, 0.15) is 0 Å². The van der Waals surface area contributed by atoms with Crippen molar-refractivity contribution in [2.45, 2.75) is 26.4 Å². The monoisotopic (exact) mass is 206 g/mol. The first-order valence-corrected chi connectivity index (χ1v) is 4.40. The predicted octanol–water partition coefficient (Wildman–Crippen LogP) is 2.64. The van der Waals surface area contributed by atoms with Crippen LogP contribution in [0, 0.1) is 5.92 Å². The molecule has 1 aromatic rings. The van der Waals surface area contributed by atoms with Gasteiger partial charge in [-0.15, -0.1) is 0 Å². The molecular weight excluding hydrogens is 193 g/mol. The fraction of sp³-hybridized carbons (Fsp3) is 0.667. The lowest BCUT2D eigenvalue weighted by Crippen LogP contribution is -2.10. The Hall–Kier alpha value is -1.00. The smallest absolute Gasteiger partial charge is 0.275 e. The molecule has 0 spiro atoms. The molecule has 0 aliphatic carbocycles. The molecule has 14 heavy (non-hydrogen) atoms. The predicted molar refractivity (Wildman–Crippen MR) is 46.8 cm³/mol. The Kier molecular flexibility index (Phi) is 2.87. The van der Waals surface area contributed by atoms with Crippen molar-refractivity contribution in [3.05, 3.63) is 17.5 Å². The van der Waals surface area contributed by atoms with Gasteiger partial charge in [-0.05, 0) is 12.3 Å². The largest absolute Gasteiger partial charge is 0.435 e. The summed E-state index contributed by atoms with van der Waals surface area (Å²) >= 11 is 0. The third-order valence-electron chi connectivity index (χ3n) is 1.80. The highest BCUT2D eigenvalue weighted by Gasteiger charge is 2.36. The Bertz CT molecular complexity index is 312. The van der Waals surface area contributed by atoms with Crippen LogP contribution < -0.4 is 0 Å². The van der Waals surface area contributed by atoms with E-state index >= 15 is 0 Å². The van der Waals surface area contributed by atoms with Crippen molar-refractivity contribution in [3.8, 4) is 0 Å². The first-order chi connectivity index (χ1) is 6.30. The van der Waals surface area contributed by atoms with Crippen LogP contribution in [0.15, 0.2) is 6.20 Å². The summed E-state index contributed by atoms with van der Waals surface area (Å²) in [6, 6.07) is 0.